The number of ether oxygens (including phenoxy) is 2. The number of aryl methyl sites for hydroxylation is 1. The average molecular weight is 890 g/mol. The van der Waals surface area contributed by atoms with Crippen LogP contribution in [0.4, 0.5) is 5.69 Å². The molecule has 0 radical (unpaired) electrons. The first-order valence-corrected chi connectivity index (χ1v) is 23.1. The van der Waals surface area contributed by atoms with E-state index in [2.05, 4.69) is 0 Å². The number of fused-ring (bicyclic) bond motifs is 2. The van der Waals surface area contributed by atoms with Crippen molar-refractivity contribution in [3.05, 3.63) is 83.6 Å². The average Bonchev–Trinajstić information content (AvgIpc) is 3.64. The Morgan fingerprint density at radius 1 is 0.862 bits per heavy atom. The number of carbonyl (C=O) groups is 2. The predicted molar refractivity (Wildman–Crippen MR) is 202 cm³/mol. The number of anilines is 1. The Morgan fingerprint density at radius 3 is 2.12 bits per heavy atom. The van der Waals surface area contributed by atoms with Crippen LogP contribution < -0.4 is 14.2 Å². The lowest BCUT2D eigenvalue weighted by atomic mass is 9.72. The minimum atomic E-state index is -4.65. The molecule has 1 unspecified atom stereocenters. The van der Waals surface area contributed by atoms with Gasteiger partial charge in [-0.15, -0.1) is 0 Å². The Morgan fingerprint density at radius 2 is 1.50 bits per heavy atom. The zero-order chi connectivity index (χ0) is 42.8. The second kappa shape index (κ2) is 16.7. The van der Waals surface area contributed by atoms with Gasteiger partial charge in [0.25, 0.3) is 46.0 Å². The number of aromatic nitrogens is 1. The Balaban J connectivity index is 1.60. The van der Waals surface area contributed by atoms with Gasteiger partial charge in [0.2, 0.25) is 11.5 Å². The predicted octanol–water partition coefficient (Wildman–Crippen LogP) is 2.80. The standard InChI is InChI=1S/C34H36N2O18S4/c1-2-52-33(39)34(32(37)38)20-22(5-11-30-35(13-3-15-55(40,41)42)26-9-7-24(57(46,47)48)18-28(26)53-30)17-23(21-34)6-12-31-36(14-4-16-56(43,44)45)27-10-8-25(58(49,50)51)19-29(27)54-31/h5-12,17-19H,2-4,13-16,20-21H2,1H3,(H4-,37,38,40,41,42,43,44,45,46,47,48,49,50,51)/p+1. The zero-order valence-corrected chi connectivity index (χ0v) is 33.6. The SMILES string of the molecule is CCOC(=O)C1(C(=O)O)CC(/C=C/c2oc3cc(S(=O)(=O)O)ccc3[n+]2CCCS(=O)(=O)O)=CC(=C/C=C2\Oc3cc(S(=O)(=O)O)ccc3N2CCCS(=O)(=O)O)/C1. The van der Waals surface area contributed by atoms with Crippen LogP contribution >= 0.6 is 0 Å². The van der Waals surface area contributed by atoms with Crippen LogP contribution in [-0.2, 0) is 61.3 Å². The fraction of sp³-hybridized carbons (Fsp3) is 0.324. The van der Waals surface area contributed by atoms with Crippen LogP contribution in [0.25, 0.3) is 17.2 Å². The molecular weight excluding hydrogens is 853 g/mol. The lowest BCUT2D eigenvalue weighted by Gasteiger charge is -2.31. The van der Waals surface area contributed by atoms with Crippen LogP contribution in [0.3, 0.4) is 0 Å². The molecule has 2 aromatic carbocycles. The highest BCUT2D eigenvalue weighted by Crippen LogP contribution is 2.43. The maximum atomic E-state index is 13.4. The molecule has 20 nitrogen and oxygen atoms in total. The number of allylic oxidation sites excluding steroid dienone is 6. The van der Waals surface area contributed by atoms with Gasteiger partial charge in [-0.1, -0.05) is 12.2 Å². The molecule has 5 rings (SSSR count). The molecule has 58 heavy (non-hydrogen) atoms. The molecule has 0 saturated carbocycles. The van der Waals surface area contributed by atoms with Gasteiger partial charge in [0.05, 0.1) is 39.7 Å². The van der Waals surface area contributed by atoms with Crippen LogP contribution in [0, 0.1) is 5.41 Å². The highest BCUT2D eigenvalue weighted by atomic mass is 32.2. The van der Waals surface area contributed by atoms with Gasteiger partial charge in [-0.2, -0.15) is 38.2 Å². The molecule has 1 atom stereocenters. The molecule has 0 amide bonds. The van der Waals surface area contributed by atoms with Crippen molar-refractivity contribution < 1.29 is 85.0 Å². The molecule has 3 aromatic rings. The molecule has 1 aliphatic carbocycles. The van der Waals surface area contributed by atoms with Crippen LogP contribution in [-0.4, -0.2) is 93.6 Å². The summed E-state index contributed by atoms with van der Waals surface area (Å²) >= 11 is 0. The molecule has 0 bridgehead atoms. The van der Waals surface area contributed by atoms with Crippen molar-refractivity contribution in [3.8, 4) is 5.75 Å². The minimum absolute atomic E-state index is 0.00377. The Hall–Kier alpha value is -4.95. The Kier molecular flexibility index (Phi) is 12.7. The number of rotatable bonds is 16. The molecule has 1 aromatic heterocycles. The van der Waals surface area contributed by atoms with Gasteiger partial charge >= 0.3 is 17.8 Å². The Labute approximate surface area is 332 Å². The fourth-order valence-electron chi connectivity index (χ4n) is 6.33. The number of carboxylic acids is 1. The topological polar surface area (TPSA) is 311 Å². The summed E-state index contributed by atoms with van der Waals surface area (Å²) in [5.41, 5.74) is -1.22. The summed E-state index contributed by atoms with van der Waals surface area (Å²) < 4.78 is 149. The summed E-state index contributed by atoms with van der Waals surface area (Å²) in [6.07, 6.45) is 6.01. The summed E-state index contributed by atoms with van der Waals surface area (Å²) in [5.74, 6) is -3.91. The van der Waals surface area contributed by atoms with Crippen LogP contribution in [0.5, 0.6) is 5.75 Å². The second-order valence-electron chi connectivity index (χ2n) is 13.1. The van der Waals surface area contributed by atoms with E-state index < -0.39 is 92.0 Å². The summed E-state index contributed by atoms with van der Waals surface area (Å²) in [6.45, 7) is 1.18. The molecule has 2 aliphatic rings. The molecule has 314 valence electrons. The van der Waals surface area contributed by atoms with Gasteiger partial charge in [-0.3, -0.25) is 27.8 Å². The van der Waals surface area contributed by atoms with E-state index in [1.54, 1.807) is 0 Å². The van der Waals surface area contributed by atoms with E-state index >= 15 is 0 Å². The van der Waals surface area contributed by atoms with E-state index in [-0.39, 0.29) is 78.0 Å². The van der Waals surface area contributed by atoms with E-state index in [1.807, 2.05) is 0 Å². The van der Waals surface area contributed by atoms with Crippen LogP contribution in [0.1, 0.15) is 38.5 Å². The quantitative estimate of drug-likeness (QED) is 0.0597. The highest BCUT2D eigenvalue weighted by molar-refractivity contribution is 7.86. The molecule has 24 heteroatoms. The third-order valence-corrected chi connectivity index (χ3v) is 12.2. The summed E-state index contributed by atoms with van der Waals surface area (Å²) in [7, 11) is -18.0. The number of hydrogen-bond acceptors (Lipinski definition) is 14. The fourth-order valence-corrected chi connectivity index (χ4v) is 8.31. The van der Waals surface area contributed by atoms with E-state index in [0.29, 0.717) is 0 Å². The number of nitrogens with zero attached hydrogens (tertiary/aromatic N) is 2. The van der Waals surface area contributed by atoms with E-state index in [0.717, 1.165) is 24.3 Å². The molecule has 5 N–H and O–H groups in total. The van der Waals surface area contributed by atoms with Gasteiger partial charge in [0, 0.05) is 31.2 Å². The molecular formula is C34H37N2O18S4+. The second-order valence-corrected chi connectivity index (χ2v) is 19.1. The van der Waals surface area contributed by atoms with Crippen molar-refractivity contribution in [2.45, 2.75) is 48.9 Å². The van der Waals surface area contributed by atoms with Crippen molar-refractivity contribution >= 4 is 75.3 Å². The van der Waals surface area contributed by atoms with E-state index in [9.17, 15) is 66.6 Å². The third-order valence-electron chi connectivity index (χ3n) is 8.91. The lowest BCUT2D eigenvalue weighted by molar-refractivity contribution is -0.677. The molecule has 0 spiro atoms. The molecule has 2 heterocycles. The number of aliphatic carboxylic acids is 1. The third kappa shape index (κ3) is 10.6. The zero-order valence-electron chi connectivity index (χ0n) is 30.3. The van der Waals surface area contributed by atoms with Crippen molar-refractivity contribution in [1.82, 2.24) is 0 Å². The van der Waals surface area contributed by atoms with E-state index in [4.69, 9.17) is 13.9 Å². The Bertz CT molecular complexity index is 2730. The van der Waals surface area contributed by atoms with Crippen LogP contribution in [0.2, 0.25) is 0 Å². The smallest absolute Gasteiger partial charge is 0.374 e. The number of esters is 1. The minimum Gasteiger partial charge on any atom is -0.480 e. The summed E-state index contributed by atoms with van der Waals surface area (Å²) in [5, 5.41) is 10.5. The van der Waals surface area contributed by atoms with Gasteiger partial charge in [-0.05, 0) is 67.7 Å². The largest absolute Gasteiger partial charge is 0.480 e. The molecule has 0 saturated heterocycles. The summed E-state index contributed by atoms with van der Waals surface area (Å²) in [4.78, 5) is 26.7. The first-order valence-electron chi connectivity index (χ1n) is 17.0. The highest BCUT2D eigenvalue weighted by Gasteiger charge is 2.50. The number of carboxylic acid groups (broad SMARTS) is 1. The van der Waals surface area contributed by atoms with Crippen molar-refractivity contribution in [1.29, 1.82) is 0 Å². The number of benzene rings is 2. The summed E-state index contributed by atoms with van der Waals surface area (Å²) in [6, 6.07) is 6.85. The van der Waals surface area contributed by atoms with E-state index in [1.165, 1.54) is 58.9 Å². The van der Waals surface area contributed by atoms with Gasteiger partial charge in [-0.25, -0.2) is 0 Å². The first-order chi connectivity index (χ1) is 26.9. The maximum absolute atomic E-state index is 13.4. The number of hydrogen-bond donors (Lipinski definition) is 5. The van der Waals surface area contributed by atoms with Gasteiger partial charge in [0.15, 0.2) is 17.7 Å². The van der Waals surface area contributed by atoms with Crippen molar-refractivity contribution in [3.63, 3.8) is 0 Å². The molecule has 0 fully saturated rings. The molecule has 1 aliphatic heterocycles. The normalized spacial score (nSPS) is 19.1. The maximum Gasteiger partial charge on any atom is 0.374 e. The lowest BCUT2D eigenvalue weighted by Crippen LogP contribution is -2.42. The first kappa shape index (κ1) is 44.2. The van der Waals surface area contributed by atoms with Gasteiger partial charge in [0.1, 0.15) is 0 Å². The monoisotopic (exact) mass is 889 g/mol. The van der Waals surface area contributed by atoms with Crippen molar-refractivity contribution in [2.75, 3.05) is 29.6 Å². The number of oxazole rings is 1. The van der Waals surface area contributed by atoms with Crippen LogP contribution in [0.15, 0.2) is 91.9 Å². The number of carbonyl (C=O) groups excluding carboxylic acids is 1. The van der Waals surface area contributed by atoms with Crippen molar-refractivity contribution in [2.24, 2.45) is 5.41 Å². The van der Waals surface area contributed by atoms with Gasteiger partial charge < -0.3 is 23.9 Å².